The van der Waals surface area contributed by atoms with Crippen molar-refractivity contribution in [2.45, 2.75) is 31.5 Å². The molecule has 1 aromatic carbocycles. The van der Waals surface area contributed by atoms with E-state index in [1.807, 2.05) is 60.4 Å². The fourth-order valence-corrected chi connectivity index (χ4v) is 5.74. The van der Waals surface area contributed by atoms with Crippen LogP contribution in [-0.2, 0) is 0 Å². The summed E-state index contributed by atoms with van der Waals surface area (Å²) in [6.07, 6.45) is 2.88. The smallest absolute Gasteiger partial charge is 0.161 e. The molecule has 29 heavy (non-hydrogen) atoms. The summed E-state index contributed by atoms with van der Waals surface area (Å²) in [5.41, 5.74) is 1.75. The number of aromatic nitrogens is 1. The van der Waals surface area contributed by atoms with E-state index in [1.165, 1.54) is 0 Å². The average molecular weight is 444 g/mol. The number of halogens is 2. The van der Waals surface area contributed by atoms with E-state index in [1.54, 1.807) is 6.07 Å². The summed E-state index contributed by atoms with van der Waals surface area (Å²) < 4.78 is 6.35. The van der Waals surface area contributed by atoms with Crippen LogP contribution < -0.4 is 0 Å². The van der Waals surface area contributed by atoms with E-state index in [0.717, 1.165) is 34.4 Å². The van der Waals surface area contributed by atoms with Crippen LogP contribution in [0, 0.1) is 0 Å². The third kappa shape index (κ3) is 3.25. The van der Waals surface area contributed by atoms with Gasteiger partial charge in [-0.3, -0.25) is 4.98 Å². The molecule has 3 aromatic rings. The van der Waals surface area contributed by atoms with E-state index in [4.69, 9.17) is 32.6 Å². The maximum atomic E-state index is 6.42. The van der Waals surface area contributed by atoms with Crippen molar-refractivity contribution in [2.24, 2.45) is 4.99 Å². The maximum Gasteiger partial charge on any atom is 0.161 e. The predicted molar refractivity (Wildman–Crippen MR) is 120 cm³/mol. The van der Waals surface area contributed by atoms with Crippen molar-refractivity contribution in [1.29, 1.82) is 0 Å². The number of nitrogens with zero attached hydrogens (tertiary/aromatic N) is 3. The Bertz CT molecular complexity index is 1070. The molecule has 2 aliphatic rings. The lowest BCUT2D eigenvalue weighted by Crippen LogP contribution is -2.35. The summed E-state index contributed by atoms with van der Waals surface area (Å²) >= 11 is 14.4. The molecule has 2 aromatic heterocycles. The van der Waals surface area contributed by atoms with E-state index >= 15 is 0 Å². The number of hydrogen-bond donors (Lipinski definition) is 0. The van der Waals surface area contributed by atoms with Gasteiger partial charge in [0.2, 0.25) is 0 Å². The minimum atomic E-state index is -0.0955. The Morgan fingerprint density at radius 1 is 1.14 bits per heavy atom. The predicted octanol–water partition coefficient (Wildman–Crippen LogP) is 6.63. The molecule has 4 nitrogen and oxygen atoms in total. The van der Waals surface area contributed by atoms with Gasteiger partial charge in [-0.15, -0.1) is 0 Å². The quantitative estimate of drug-likeness (QED) is 0.453. The Balaban J connectivity index is 1.57. The average Bonchev–Trinajstić information content (AvgIpc) is 3.45. The van der Waals surface area contributed by atoms with E-state index < -0.39 is 0 Å². The van der Waals surface area contributed by atoms with Crippen molar-refractivity contribution >= 4 is 40.1 Å². The van der Waals surface area contributed by atoms with Gasteiger partial charge in [0, 0.05) is 23.6 Å². The number of benzene rings is 1. The summed E-state index contributed by atoms with van der Waals surface area (Å²) in [7, 11) is 0. The van der Waals surface area contributed by atoms with Crippen LogP contribution in [0.4, 0.5) is 0 Å². The Morgan fingerprint density at radius 2 is 2.03 bits per heavy atom. The van der Waals surface area contributed by atoms with Crippen molar-refractivity contribution in [3.63, 3.8) is 0 Å². The lowest BCUT2D eigenvalue weighted by Gasteiger charge is -2.30. The first-order valence-corrected chi connectivity index (χ1v) is 11.4. The Labute approximate surface area is 183 Å². The molecular weight excluding hydrogens is 425 g/mol. The molecule has 0 amide bonds. The van der Waals surface area contributed by atoms with Gasteiger partial charge in [-0.25, -0.2) is 4.99 Å². The summed E-state index contributed by atoms with van der Waals surface area (Å²) in [6.45, 7) is 2.22. The van der Waals surface area contributed by atoms with Gasteiger partial charge in [0.1, 0.15) is 23.6 Å². The zero-order chi connectivity index (χ0) is 20.0. The fraction of sp³-hybridized carbons (Fsp3) is 0.273. The Morgan fingerprint density at radius 3 is 2.83 bits per heavy atom. The van der Waals surface area contributed by atoms with Gasteiger partial charge in [-0.2, -0.15) is 0 Å². The fourth-order valence-electron chi connectivity index (χ4n) is 4.01. The van der Waals surface area contributed by atoms with Gasteiger partial charge >= 0.3 is 0 Å². The topological polar surface area (TPSA) is 41.6 Å². The second-order valence-corrected chi connectivity index (χ2v) is 8.91. The molecule has 0 saturated carbocycles. The van der Waals surface area contributed by atoms with Gasteiger partial charge in [0.05, 0.1) is 15.7 Å². The van der Waals surface area contributed by atoms with Gasteiger partial charge in [-0.05, 0) is 42.8 Å². The van der Waals surface area contributed by atoms with Crippen LogP contribution in [0.15, 0.2) is 64.1 Å². The molecule has 0 aliphatic carbocycles. The molecular formula is C22H19Cl2N3OS. The molecule has 0 radical (unpaired) electrons. The summed E-state index contributed by atoms with van der Waals surface area (Å²) in [5.74, 6) is 2.63. The number of furan rings is 1. The highest BCUT2D eigenvalue weighted by molar-refractivity contribution is 8.14. The highest BCUT2D eigenvalue weighted by atomic mass is 35.5. The third-order valence-corrected chi connectivity index (χ3v) is 7.41. The summed E-state index contributed by atoms with van der Waals surface area (Å²) in [4.78, 5) is 12.0. The van der Waals surface area contributed by atoms with Crippen molar-refractivity contribution < 1.29 is 4.42 Å². The Hall–Kier alpha value is -1.95. The molecule has 148 valence electrons. The van der Waals surface area contributed by atoms with Crippen LogP contribution in [-0.4, -0.2) is 26.8 Å². The number of thioether (sulfide) groups is 1. The first-order chi connectivity index (χ1) is 14.2. The number of aliphatic imine (C=N–C) groups is 1. The van der Waals surface area contributed by atoms with Crippen LogP contribution in [0.5, 0.6) is 0 Å². The SMILES string of the molecule is CC[C@@H]1CSC2=N[C@H](c3ccccn3)[C@@H](c3ccc(-c4cccc(Cl)c4Cl)o3)N21. The third-order valence-electron chi connectivity index (χ3n) is 5.46. The van der Waals surface area contributed by atoms with Crippen LogP contribution in [0.25, 0.3) is 11.3 Å². The normalized spacial score (nSPS) is 23.3. The number of pyridine rings is 1. The van der Waals surface area contributed by atoms with Crippen molar-refractivity contribution in [2.75, 3.05) is 5.75 Å². The van der Waals surface area contributed by atoms with Crippen molar-refractivity contribution in [1.82, 2.24) is 9.88 Å². The van der Waals surface area contributed by atoms with E-state index in [0.29, 0.717) is 21.8 Å². The van der Waals surface area contributed by atoms with Gasteiger partial charge in [-0.1, -0.05) is 54.0 Å². The standard InChI is InChI=1S/C22H19Cl2N3OS/c1-2-13-12-29-22-26-20(16-8-3-4-11-25-16)21(27(13)22)18-10-9-17(28-18)14-6-5-7-15(23)19(14)24/h3-11,13,20-21H,2,12H2,1H3/t13-,20-,21-/m1/s1. The molecule has 0 spiro atoms. The minimum Gasteiger partial charge on any atom is -0.459 e. The van der Waals surface area contributed by atoms with Crippen LogP contribution >= 0.6 is 35.0 Å². The first kappa shape index (κ1) is 19.0. The maximum absolute atomic E-state index is 6.42. The molecule has 0 bridgehead atoms. The molecule has 0 unspecified atom stereocenters. The summed E-state index contributed by atoms with van der Waals surface area (Å²) in [5, 5.41) is 2.10. The number of rotatable bonds is 4. The molecule has 1 fully saturated rings. The van der Waals surface area contributed by atoms with Crippen LogP contribution in [0.3, 0.4) is 0 Å². The molecule has 4 heterocycles. The summed E-state index contributed by atoms with van der Waals surface area (Å²) in [6, 6.07) is 15.9. The molecule has 1 saturated heterocycles. The largest absolute Gasteiger partial charge is 0.459 e. The molecule has 7 heteroatoms. The first-order valence-electron chi connectivity index (χ1n) is 9.61. The second kappa shape index (κ2) is 7.71. The molecule has 2 aliphatic heterocycles. The van der Waals surface area contributed by atoms with Gasteiger partial charge in [0.15, 0.2) is 5.17 Å². The van der Waals surface area contributed by atoms with Crippen molar-refractivity contribution in [3.8, 4) is 11.3 Å². The number of hydrogen-bond acceptors (Lipinski definition) is 5. The van der Waals surface area contributed by atoms with Gasteiger partial charge in [0.25, 0.3) is 0 Å². The van der Waals surface area contributed by atoms with Crippen molar-refractivity contribution in [3.05, 3.63) is 76.2 Å². The Kier molecular flexibility index (Phi) is 5.06. The van der Waals surface area contributed by atoms with Crippen LogP contribution in [0.2, 0.25) is 10.0 Å². The second-order valence-electron chi connectivity index (χ2n) is 7.14. The highest BCUT2D eigenvalue weighted by Gasteiger charge is 2.46. The highest BCUT2D eigenvalue weighted by Crippen LogP contribution is 2.49. The molecule has 3 atom stereocenters. The van der Waals surface area contributed by atoms with E-state index in [-0.39, 0.29) is 12.1 Å². The van der Waals surface area contributed by atoms with E-state index in [2.05, 4.69) is 16.8 Å². The lowest BCUT2D eigenvalue weighted by atomic mass is 10.0. The zero-order valence-electron chi connectivity index (χ0n) is 15.8. The zero-order valence-corrected chi connectivity index (χ0v) is 18.1. The monoisotopic (exact) mass is 443 g/mol. The van der Waals surface area contributed by atoms with Gasteiger partial charge < -0.3 is 9.32 Å². The molecule has 0 N–H and O–H groups in total. The molecule has 5 rings (SSSR count). The number of amidine groups is 1. The minimum absolute atomic E-state index is 0.0217. The van der Waals surface area contributed by atoms with E-state index in [9.17, 15) is 0 Å². The van der Waals surface area contributed by atoms with Crippen LogP contribution in [0.1, 0.15) is 36.9 Å². The lowest BCUT2D eigenvalue weighted by molar-refractivity contribution is 0.226. The number of fused-ring (bicyclic) bond motifs is 1.